The average molecular weight is 329 g/mol. The number of nitrogens with zero attached hydrogens (tertiary/aromatic N) is 2. The van der Waals surface area contributed by atoms with Crippen LogP contribution in [0.2, 0.25) is 0 Å². The Bertz CT molecular complexity index is 745. The highest BCUT2D eigenvalue weighted by molar-refractivity contribution is 7.89. The highest BCUT2D eigenvalue weighted by Gasteiger charge is 2.28. The quantitative estimate of drug-likeness (QED) is 0.404. The minimum absolute atomic E-state index is 0.0523. The number of hydrogen-bond acceptors (Lipinski definition) is 8. The van der Waals surface area contributed by atoms with Gasteiger partial charge in [0.15, 0.2) is 4.90 Å². The molecule has 0 amide bonds. The SMILES string of the molecule is NNc1cccc(S(=O)(=O)NCc2cscn2)c1[N+](=O)[O-]. The Morgan fingerprint density at radius 2 is 2.19 bits per heavy atom. The number of rotatable bonds is 6. The van der Waals surface area contributed by atoms with E-state index in [1.807, 2.05) is 0 Å². The third kappa shape index (κ3) is 3.33. The molecule has 0 aliphatic rings. The zero-order valence-electron chi connectivity index (χ0n) is 10.5. The van der Waals surface area contributed by atoms with Crippen molar-refractivity contribution < 1.29 is 13.3 Å². The van der Waals surface area contributed by atoms with Crippen LogP contribution in [0.1, 0.15) is 5.69 Å². The molecule has 2 rings (SSSR count). The summed E-state index contributed by atoms with van der Waals surface area (Å²) in [6.07, 6.45) is 0. The molecule has 11 heteroatoms. The van der Waals surface area contributed by atoms with Gasteiger partial charge in [-0.05, 0) is 12.1 Å². The molecule has 0 radical (unpaired) electrons. The van der Waals surface area contributed by atoms with Crippen LogP contribution in [0.5, 0.6) is 0 Å². The van der Waals surface area contributed by atoms with Crippen LogP contribution in [-0.2, 0) is 16.6 Å². The van der Waals surface area contributed by atoms with E-state index in [9.17, 15) is 18.5 Å². The smallest absolute Gasteiger partial charge is 0.313 e. The zero-order chi connectivity index (χ0) is 15.5. The molecular formula is C10H11N5O4S2. The van der Waals surface area contributed by atoms with Crippen LogP contribution in [-0.4, -0.2) is 18.3 Å². The van der Waals surface area contributed by atoms with Crippen molar-refractivity contribution in [3.05, 3.63) is 44.9 Å². The van der Waals surface area contributed by atoms with Crippen molar-refractivity contribution in [1.82, 2.24) is 9.71 Å². The average Bonchev–Trinajstić information content (AvgIpc) is 2.97. The van der Waals surface area contributed by atoms with Gasteiger partial charge in [0.2, 0.25) is 10.0 Å². The zero-order valence-corrected chi connectivity index (χ0v) is 12.1. The molecule has 0 unspecified atom stereocenters. The summed E-state index contributed by atoms with van der Waals surface area (Å²) in [5.74, 6) is 5.17. The summed E-state index contributed by atoms with van der Waals surface area (Å²) in [7, 11) is -4.07. The standard InChI is InChI=1S/C10H11N5O4S2/c11-14-8-2-1-3-9(10(8)15(16)17)21(18,19)13-4-7-5-20-6-12-7/h1-3,5-6,13-14H,4,11H2. The van der Waals surface area contributed by atoms with E-state index in [1.165, 1.54) is 23.5 Å². The Labute approximate surface area is 124 Å². The first-order chi connectivity index (χ1) is 9.95. The monoisotopic (exact) mass is 329 g/mol. The predicted molar refractivity (Wildman–Crippen MR) is 77.0 cm³/mol. The molecule has 112 valence electrons. The van der Waals surface area contributed by atoms with Gasteiger partial charge in [0.1, 0.15) is 5.69 Å². The molecular weight excluding hydrogens is 318 g/mol. The molecule has 1 aromatic heterocycles. The first-order valence-corrected chi connectivity index (χ1v) is 7.99. The number of thiazole rings is 1. The van der Waals surface area contributed by atoms with Crippen molar-refractivity contribution in [3.63, 3.8) is 0 Å². The van der Waals surface area contributed by atoms with Gasteiger partial charge in [-0.3, -0.25) is 16.0 Å². The van der Waals surface area contributed by atoms with E-state index in [0.717, 1.165) is 6.07 Å². The van der Waals surface area contributed by atoms with E-state index in [2.05, 4.69) is 15.1 Å². The molecule has 0 atom stereocenters. The van der Waals surface area contributed by atoms with Gasteiger partial charge in [0.25, 0.3) is 0 Å². The Hall–Kier alpha value is -2.08. The number of nitrogens with two attached hydrogens (primary N) is 1. The third-order valence-corrected chi connectivity index (χ3v) is 4.62. The lowest BCUT2D eigenvalue weighted by atomic mass is 10.3. The molecule has 1 aromatic carbocycles. The maximum Gasteiger partial charge on any atom is 0.313 e. The lowest BCUT2D eigenvalue weighted by Crippen LogP contribution is -2.24. The lowest BCUT2D eigenvalue weighted by molar-refractivity contribution is -0.386. The van der Waals surface area contributed by atoms with Crippen LogP contribution < -0.4 is 16.0 Å². The maximum absolute atomic E-state index is 12.2. The number of hydrogen-bond donors (Lipinski definition) is 3. The third-order valence-electron chi connectivity index (χ3n) is 2.55. The molecule has 0 saturated carbocycles. The molecule has 2 aromatic rings. The second-order valence-electron chi connectivity index (χ2n) is 3.86. The van der Waals surface area contributed by atoms with E-state index in [0.29, 0.717) is 5.69 Å². The molecule has 0 fully saturated rings. The van der Waals surface area contributed by atoms with Crippen molar-refractivity contribution >= 4 is 32.7 Å². The highest BCUT2D eigenvalue weighted by atomic mass is 32.2. The first-order valence-electron chi connectivity index (χ1n) is 5.56. The Balaban J connectivity index is 2.37. The fourth-order valence-corrected chi connectivity index (χ4v) is 3.36. The normalized spacial score (nSPS) is 11.3. The molecule has 0 bridgehead atoms. The van der Waals surface area contributed by atoms with E-state index < -0.39 is 25.5 Å². The van der Waals surface area contributed by atoms with E-state index >= 15 is 0 Å². The molecule has 0 saturated heterocycles. The number of anilines is 1. The summed E-state index contributed by atoms with van der Waals surface area (Å²) in [6, 6.07) is 3.82. The fourth-order valence-electron chi connectivity index (χ4n) is 1.62. The minimum Gasteiger partial charge on any atom is -0.318 e. The highest BCUT2D eigenvalue weighted by Crippen LogP contribution is 2.31. The molecule has 4 N–H and O–H groups in total. The van der Waals surface area contributed by atoms with Gasteiger partial charge in [-0.15, -0.1) is 11.3 Å². The topological polar surface area (TPSA) is 140 Å². The summed E-state index contributed by atoms with van der Waals surface area (Å²) >= 11 is 1.32. The van der Waals surface area contributed by atoms with Gasteiger partial charge in [-0.2, -0.15) is 0 Å². The van der Waals surface area contributed by atoms with Crippen molar-refractivity contribution in [2.45, 2.75) is 11.4 Å². The minimum atomic E-state index is -4.07. The summed E-state index contributed by atoms with van der Waals surface area (Å²) in [4.78, 5) is 13.8. The van der Waals surface area contributed by atoms with Gasteiger partial charge in [-0.25, -0.2) is 18.1 Å². The van der Waals surface area contributed by atoms with Gasteiger partial charge in [-0.1, -0.05) is 6.07 Å². The van der Waals surface area contributed by atoms with Crippen molar-refractivity contribution in [2.24, 2.45) is 5.84 Å². The van der Waals surface area contributed by atoms with Crippen molar-refractivity contribution in [2.75, 3.05) is 5.43 Å². The molecule has 9 nitrogen and oxygen atoms in total. The number of nitro groups is 1. The van der Waals surface area contributed by atoms with Gasteiger partial charge in [0, 0.05) is 5.38 Å². The molecule has 21 heavy (non-hydrogen) atoms. The second-order valence-corrected chi connectivity index (χ2v) is 6.31. The fraction of sp³-hybridized carbons (Fsp3) is 0.100. The summed E-state index contributed by atoms with van der Waals surface area (Å²) in [5.41, 5.74) is 3.51. The molecule has 1 heterocycles. The van der Waals surface area contributed by atoms with E-state index in [4.69, 9.17) is 5.84 Å². The number of sulfonamides is 1. The van der Waals surface area contributed by atoms with Crippen LogP contribution in [0.3, 0.4) is 0 Å². The van der Waals surface area contributed by atoms with E-state index in [1.54, 1.807) is 10.9 Å². The lowest BCUT2D eigenvalue weighted by Gasteiger charge is -2.08. The Morgan fingerprint density at radius 1 is 1.43 bits per heavy atom. The number of nitro benzene ring substituents is 1. The van der Waals surface area contributed by atoms with Crippen LogP contribution >= 0.6 is 11.3 Å². The number of nitrogen functional groups attached to an aromatic ring is 1. The van der Waals surface area contributed by atoms with Crippen molar-refractivity contribution in [3.8, 4) is 0 Å². The van der Waals surface area contributed by atoms with Gasteiger partial charge < -0.3 is 5.43 Å². The Morgan fingerprint density at radius 3 is 2.76 bits per heavy atom. The number of aromatic nitrogens is 1. The predicted octanol–water partition coefficient (Wildman–Crippen LogP) is 0.815. The first kappa shape index (κ1) is 15.3. The molecule has 0 spiro atoms. The number of hydrazine groups is 1. The number of para-hydroxylation sites is 1. The molecule has 0 aliphatic carbocycles. The maximum atomic E-state index is 12.2. The van der Waals surface area contributed by atoms with Crippen LogP contribution in [0.25, 0.3) is 0 Å². The summed E-state index contributed by atoms with van der Waals surface area (Å²) < 4.78 is 26.7. The van der Waals surface area contributed by atoms with Gasteiger partial charge >= 0.3 is 5.69 Å². The van der Waals surface area contributed by atoms with Gasteiger partial charge in [0.05, 0.1) is 22.7 Å². The molecule has 0 aliphatic heterocycles. The number of nitrogens with one attached hydrogen (secondary N) is 2. The Kier molecular flexibility index (Phi) is 4.47. The van der Waals surface area contributed by atoms with Crippen LogP contribution in [0.4, 0.5) is 11.4 Å². The number of benzene rings is 1. The van der Waals surface area contributed by atoms with Crippen molar-refractivity contribution in [1.29, 1.82) is 0 Å². The summed E-state index contributed by atoms with van der Waals surface area (Å²) in [5, 5.41) is 12.8. The van der Waals surface area contributed by atoms with Crippen LogP contribution in [0, 0.1) is 10.1 Å². The summed E-state index contributed by atoms with van der Waals surface area (Å²) in [6.45, 7) is -0.0523. The largest absolute Gasteiger partial charge is 0.318 e. The second kappa shape index (κ2) is 6.13. The van der Waals surface area contributed by atoms with Crippen LogP contribution in [0.15, 0.2) is 34.0 Å². The van der Waals surface area contributed by atoms with E-state index in [-0.39, 0.29) is 12.2 Å².